The molecule has 0 aliphatic heterocycles. The maximum absolute atomic E-state index is 12.0. The first-order chi connectivity index (χ1) is 10.1. The van der Waals surface area contributed by atoms with E-state index >= 15 is 0 Å². The molecule has 1 aromatic rings. The molecule has 0 unspecified atom stereocenters. The molecule has 0 fully saturated rings. The molecule has 0 bridgehead atoms. The topological polar surface area (TPSA) is 87.5 Å². The van der Waals surface area contributed by atoms with Crippen molar-refractivity contribution in [2.45, 2.75) is 33.4 Å². The summed E-state index contributed by atoms with van der Waals surface area (Å²) in [6.45, 7) is 6.15. The zero-order chi connectivity index (χ0) is 16.9. The van der Waals surface area contributed by atoms with Crippen molar-refractivity contribution in [2.24, 2.45) is 11.1 Å². The van der Waals surface area contributed by atoms with Crippen LogP contribution in [0.2, 0.25) is 0 Å². The Labute approximate surface area is 132 Å². The number of nitrogens with one attached hydrogen (secondary N) is 2. The summed E-state index contributed by atoms with van der Waals surface area (Å²) >= 11 is 0. The highest BCUT2D eigenvalue weighted by Gasteiger charge is 2.27. The third-order valence-electron chi connectivity index (χ3n) is 3.27. The summed E-state index contributed by atoms with van der Waals surface area (Å²) < 4.78 is 0. The van der Waals surface area contributed by atoms with Gasteiger partial charge in [0.2, 0.25) is 5.91 Å². The number of carbonyl (C=O) groups excluding carboxylic acids is 2. The molecular weight excluding hydrogens is 280 g/mol. The summed E-state index contributed by atoms with van der Waals surface area (Å²) in [7, 11) is 3.35. The molecule has 1 atom stereocenters. The summed E-state index contributed by atoms with van der Waals surface area (Å²) in [5, 5.41) is 5.59. The highest BCUT2D eigenvalue weighted by atomic mass is 16.2. The van der Waals surface area contributed by atoms with Gasteiger partial charge in [0.05, 0.1) is 6.04 Å². The molecule has 0 aromatic heterocycles. The third-order valence-corrected chi connectivity index (χ3v) is 3.27. The summed E-state index contributed by atoms with van der Waals surface area (Å²) in [6, 6.07) is 6.57. The van der Waals surface area contributed by atoms with E-state index in [1.54, 1.807) is 20.2 Å². The average Bonchev–Trinajstić information content (AvgIpc) is 2.43. The van der Waals surface area contributed by atoms with Gasteiger partial charge in [-0.15, -0.1) is 0 Å². The molecule has 6 heteroatoms. The van der Waals surface area contributed by atoms with Crippen LogP contribution in [0.25, 0.3) is 0 Å². The molecule has 0 heterocycles. The molecule has 22 heavy (non-hydrogen) atoms. The van der Waals surface area contributed by atoms with Crippen LogP contribution in [0.15, 0.2) is 24.3 Å². The van der Waals surface area contributed by atoms with Gasteiger partial charge >= 0.3 is 6.03 Å². The lowest BCUT2D eigenvalue weighted by atomic mass is 9.87. The first kappa shape index (κ1) is 18.0. The standard InChI is InChI=1S/C16H26N4O2/c1-16(2,3)13(17)14(21)18-10-11-7-6-8-12(9-11)19-15(22)20(4)5/h6-9,13H,10,17H2,1-5H3,(H,18,21)(H,19,22)/t13-/m1/s1. The molecule has 0 saturated carbocycles. The second kappa shape index (κ2) is 7.26. The Balaban J connectivity index is 2.64. The fourth-order valence-corrected chi connectivity index (χ4v) is 1.69. The highest BCUT2D eigenvalue weighted by Crippen LogP contribution is 2.17. The molecule has 0 aliphatic rings. The maximum Gasteiger partial charge on any atom is 0.321 e. The lowest BCUT2D eigenvalue weighted by Gasteiger charge is -2.25. The minimum Gasteiger partial charge on any atom is -0.351 e. The Bertz CT molecular complexity index is 535. The molecule has 1 aromatic carbocycles. The van der Waals surface area contributed by atoms with Crippen LogP contribution in [0, 0.1) is 5.41 Å². The van der Waals surface area contributed by atoms with E-state index in [2.05, 4.69) is 10.6 Å². The smallest absolute Gasteiger partial charge is 0.321 e. The molecule has 0 radical (unpaired) electrons. The molecule has 0 saturated heterocycles. The molecule has 3 amide bonds. The van der Waals surface area contributed by atoms with Crippen LogP contribution in [0.4, 0.5) is 10.5 Å². The Hall–Kier alpha value is -2.08. The normalized spacial score (nSPS) is 12.5. The third kappa shape index (κ3) is 5.37. The summed E-state index contributed by atoms with van der Waals surface area (Å²) in [4.78, 5) is 25.1. The summed E-state index contributed by atoms with van der Waals surface area (Å²) in [5.41, 5.74) is 7.21. The van der Waals surface area contributed by atoms with Crippen molar-refractivity contribution in [1.29, 1.82) is 0 Å². The van der Waals surface area contributed by atoms with Gasteiger partial charge in [-0.25, -0.2) is 4.79 Å². The van der Waals surface area contributed by atoms with E-state index < -0.39 is 6.04 Å². The number of hydrogen-bond donors (Lipinski definition) is 3. The number of benzene rings is 1. The quantitative estimate of drug-likeness (QED) is 0.792. The number of anilines is 1. The molecule has 6 nitrogen and oxygen atoms in total. The van der Waals surface area contributed by atoms with Crippen molar-refractivity contribution in [3.8, 4) is 0 Å². The van der Waals surface area contributed by atoms with E-state index in [0.717, 1.165) is 5.56 Å². The molecule has 4 N–H and O–H groups in total. The van der Waals surface area contributed by atoms with Gasteiger partial charge in [0.25, 0.3) is 0 Å². The van der Waals surface area contributed by atoms with E-state index in [1.165, 1.54) is 4.90 Å². The number of carbonyl (C=O) groups is 2. The van der Waals surface area contributed by atoms with Gasteiger partial charge in [-0.1, -0.05) is 32.9 Å². The number of nitrogens with two attached hydrogens (primary N) is 1. The Morgan fingerprint density at radius 3 is 2.45 bits per heavy atom. The number of urea groups is 1. The maximum atomic E-state index is 12.0. The van der Waals surface area contributed by atoms with Crippen molar-refractivity contribution in [3.63, 3.8) is 0 Å². The van der Waals surface area contributed by atoms with Crippen LogP contribution < -0.4 is 16.4 Å². The first-order valence-corrected chi connectivity index (χ1v) is 7.22. The van der Waals surface area contributed by atoms with Crippen LogP contribution in [0.3, 0.4) is 0 Å². The van der Waals surface area contributed by atoms with Crippen LogP contribution in [0.1, 0.15) is 26.3 Å². The zero-order valence-electron chi connectivity index (χ0n) is 13.9. The molecule has 1 rings (SSSR count). The molecular formula is C16H26N4O2. The molecule has 0 aliphatic carbocycles. The van der Waals surface area contributed by atoms with E-state index in [0.29, 0.717) is 12.2 Å². The van der Waals surface area contributed by atoms with Gasteiger partial charge in [0.15, 0.2) is 0 Å². The minimum atomic E-state index is -0.566. The van der Waals surface area contributed by atoms with Crippen LogP contribution in [0.5, 0.6) is 0 Å². The monoisotopic (exact) mass is 306 g/mol. The van der Waals surface area contributed by atoms with Crippen LogP contribution >= 0.6 is 0 Å². The van der Waals surface area contributed by atoms with Crippen molar-refractivity contribution < 1.29 is 9.59 Å². The fraction of sp³-hybridized carbons (Fsp3) is 0.500. The van der Waals surface area contributed by atoms with Crippen LogP contribution in [-0.4, -0.2) is 37.0 Å². The summed E-state index contributed by atoms with van der Waals surface area (Å²) in [6.07, 6.45) is 0. The van der Waals surface area contributed by atoms with Gasteiger partial charge in [-0.3, -0.25) is 4.79 Å². The van der Waals surface area contributed by atoms with Gasteiger partial charge in [-0.05, 0) is 23.1 Å². The van der Waals surface area contributed by atoms with Gasteiger partial charge < -0.3 is 21.3 Å². The number of rotatable bonds is 4. The summed E-state index contributed by atoms with van der Waals surface area (Å²) in [5.74, 6) is -0.185. The zero-order valence-corrected chi connectivity index (χ0v) is 13.9. The molecule has 122 valence electrons. The Morgan fingerprint density at radius 1 is 1.27 bits per heavy atom. The number of nitrogens with zero attached hydrogens (tertiary/aromatic N) is 1. The van der Waals surface area contributed by atoms with Gasteiger partial charge in [0, 0.05) is 26.3 Å². The average molecular weight is 306 g/mol. The predicted molar refractivity (Wildman–Crippen MR) is 88.4 cm³/mol. The lowest BCUT2D eigenvalue weighted by Crippen LogP contribution is -2.48. The SMILES string of the molecule is CN(C)C(=O)Nc1cccc(CNC(=O)[C@@H](N)C(C)(C)C)c1. The van der Waals surface area contributed by atoms with Gasteiger partial charge in [0.1, 0.15) is 0 Å². The van der Waals surface area contributed by atoms with Crippen molar-refractivity contribution in [1.82, 2.24) is 10.2 Å². The Morgan fingerprint density at radius 2 is 1.91 bits per heavy atom. The molecule has 0 spiro atoms. The Kier molecular flexibility index (Phi) is 5.93. The van der Waals surface area contributed by atoms with Gasteiger partial charge in [-0.2, -0.15) is 0 Å². The van der Waals surface area contributed by atoms with E-state index in [1.807, 2.05) is 39.0 Å². The van der Waals surface area contributed by atoms with E-state index in [4.69, 9.17) is 5.73 Å². The van der Waals surface area contributed by atoms with Crippen molar-refractivity contribution in [2.75, 3.05) is 19.4 Å². The van der Waals surface area contributed by atoms with E-state index in [-0.39, 0.29) is 17.4 Å². The van der Waals surface area contributed by atoms with Crippen molar-refractivity contribution in [3.05, 3.63) is 29.8 Å². The number of hydrogen-bond acceptors (Lipinski definition) is 3. The largest absolute Gasteiger partial charge is 0.351 e. The van der Waals surface area contributed by atoms with Crippen molar-refractivity contribution >= 4 is 17.6 Å². The minimum absolute atomic E-state index is 0.185. The van der Waals surface area contributed by atoms with Crippen LogP contribution in [-0.2, 0) is 11.3 Å². The highest BCUT2D eigenvalue weighted by molar-refractivity contribution is 5.89. The predicted octanol–water partition coefficient (Wildman–Crippen LogP) is 1.77. The first-order valence-electron chi connectivity index (χ1n) is 7.22. The second-order valence-electron chi connectivity index (χ2n) is 6.59. The lowest BCUT2D eigenvalue weighted by molar-refractivity contribution is -0.124. The van der Waals surface area contributed by atoms with E-state index in [9.17, 15) is 9.59 Å². The second-order valence-corrected chi connectivity index (χ2v) is 6.59. The fourth-order valence-electron chi connectivity index (χ4n) is 1.69. The number of amides is 3.